The molecule has 2 aliphatic rings. The van der Waals surface area contributed by atoms with Crippen LogP contribution in [0.5, 0.6) is 17.2 Å². The molecular formula is C18H22O5. The Labute approximate surface area is 135 Å². The number of methoxy groups -OCH3 is 3. The molecule has 0 aromatic heterocycles. The van der Waals surface area contributed by atoms with Crippen LogP contribution in [0.3, 0.4) is 0 Å². The summed E-state index contributed by atoms with van der Waals surface area (Å²) in [6.45, 7) is 0. The first-order valence-corrected chi connectivity index (χ1v) is 7.79. The topological polar surface area (TPSA) is 65.0 Å². The lowest BCUT2D eigenvalue weighted by atomic mass is 9.76. The third-order valence-electron chi connectivity index (χ3n) is 5.13. The average molecular weight is 318 g/mol. The van der Waals surface area contributed by atoms with Crippen molar-refractivity contribution in [3.05, 3.63) is 29.8 Å². The number of allylic oxidation sites excluding steroid dienone is 2. The van der Waals surface area contributed by atoms with Gasteiger partial charge in [0.1, 0.15) is 5.75 Å². The van der Waals surface area contributed by atoms with Crippen LogP contribution in [0.4, 0.5) is 0 Å². The summed E-state index contributed by atoms with van der Waals surface area (Å²) in [6.07, 6.45) is 5.57. The highest BCUT2D eigenvalue weighted by atomic mass is 16.5. The third-order valence-corrected chi connectivity index (χ3v) is 5.13. The van der Waals surface area contributed by atoms with Crippen LogP contribution in [0.1, 0.15) is 24.3 Å². The van der Waals surface area contributed by atoms with Crippen molar-refractivity contribution in [2.24, 2.45) is 17.8 Å². The molecule has 3 rings (SSSR count). The summed E-state index contributed by atoms with van der Waals surface area (Å²) >= 11 is 0. The Balaban J connectivity index is 2.05. The van der Waals surface area contributed by atoms with E-state index in [1.54, 1.807) is 21.3 Å². The predicted molar refractivity (Wildman–Crippen MR) is 85.3 cm³/mol. The first-order chi connectivity index (χ1) is 11.1. The lowest BCUT2D eigenvalue weighted by Crippen LogP contribution is -2.21. The van der Waals surface area contributed by atoms with Gasteiger partial charge in [-0.3, -0.25) is 4.79 Å². The van der Waals surface area contributed by atoms with Crippen molar-refractivity contribution in [3.8, 4) is 17.2 Å². The second-order valence-electron chi connectivity index (χ2n) is 6.18. The Hall–Kier alpha value is -2.17. The average Bonchev–Trinajstić information content (AvgIpc) is 3.14. The molecule has 1 aromatic rings. The summed E-state index contributed by atoms with van der Waals surface area (Å²) in [7, 11) is 4.81. The van der Waals surface area contributed by atoms with Gasteiger partial charge in [0.05, 0.1) is 21.3 Å². The maximum atomic E-state index is 11.3. The highest BCUT2D eigenvalue weighted by Crippen LogP contribution is 2.56. The highest BCUT2D eigenvalue weighted by Gasteiger charge is 2.47. The first kappa shape index (κ1) is 15.7. The molecule has 0 spiro atoms. The van der Waals surface area contributed by atoms with Gasteiger partial charge in [0.25, 0.3) is 0 Å². The van der Waals surface area contributed by atoms with E-state index in [9.17, 15) is 9.90 Å². The number of ether oxygens (including phenoxy) is 3. The zero-order valence-electron chi connectivity index (χ0n) is 13.6. The van der Waals surface area contributed by atoms with Crippen LogP contribution in [-0.4, -0.2) is 32.4 Å². The first-order valence-electron chi connectivity index (χ1n) is 7.79. The molecule has 4 atom stereocenters. The van der Waals surface area contributed by atoms with E-state index in [-0.39, 0.29) is 18.3 Å². The van der Waals surface area contributed by atoms with Crippen molar-refractivity contribution >= 4 is 5.97 Å². The van der Waals surface area contributed by atoms with E-state index < -0.39 is 5.97 Å². The number of fused-ring (bicyclic) bond motifs is 2. The largest absolute Gasteiger partial charge is 0.496 e. The smallest absolute Gasteiger partial charge is 0.303 e. The Morgan fingerprint density at radius 2 is 1.65 bits per heavy atom. The Morgan fingerprint density at radius 1 is 1.04 bits per heavy atom. The van der Waals surface area contributed by atoms with Crippen LogP contribution in [0.15, 0.2) is 24.3 Å². The monoisotopic (exact) mass is 318 g/mol. The summed E-state index contributed by atoms with van der Waals surface area (Å²) in [5.41, 5.74) is 1.01. The summed E-state index contributed by atoms with van der Waals surface area (Å²) in [4.78, 5) is 11.3. The van der Waals surface area contributed by atoms with Gasteiger partial charge in [0.15, 0.2) is 11.5 Å². The SMILES string of the molecule is COc1cc(OC)c(C2C3C=CC(C3)C2CC(=O)O)cc1OC. The number of hydrogen-bond acceptors (Lipinski definition) is 4. The molecule has 0 heterocycles. The van der Waals surface area contributed by atoms with E-state index in [0.29, 0.717) is 23.3 Å². The van der Waals surface area contributed by atoms with Crippen LogP contribution < -0.4 is 14.2 Å². The van der Waals surface area contributed by atoms with Gasteiger partial charge in [-0.15, -0.1) is 0 Å². The van der Waals surface area contributed by atoms with Crippen LogP contribution >= 0.6 is 0 Å². The summed E-state index contributed by atoms with van der Waals surface area (Å²) in [5, 5.41) is 9.28. The van der Waals surface area contributed by atoms with Crippen molar-refractivity contribution in [2.75, 3.05) is 21.3 Å². The molecule has 1 saturated carbocycles. The number of rotatable bonds is 6. The van der Waals surface area contributed by atoms with Gasteiger partial charge < -0.3 is 19.3 Å². The second kappa shape index (κ2) is 6.14. The summed E-state index contributed by atoms with van der Waals surface area (Å²) < 4.78 is 16.3. The molecule has 124 valence electrons. The minimum atomic E-state index is -0.750. The second-order valence-corrected chi connectivity index (χ2v) is 6.18. The third kappa shape index (κ3) is 2.64. The Kier molecular flexibility index (Phi) is 4.20. The van der Waals surface area contributed by atoms with E-state index in [4.69, 9.17) is 14.2 Å². The van der Waals surface area contributed by atoms with Gasteiger partial charge in [-0.2, -0.15) is 0 Å². The molecule has 0 amide bonds. The fourth-order valence-electron chi connectivity index (χ4n) is 4.18. The normalized spacial score (nSPS) is 28.0. The molecule has 1 aromatic carbocycles. The molecule has 1 fully saturated rings. The summed E-state index contributed by atoms with van der Waals surface area (Å²) in [6, 6.07) is 3.76. The van der Waals surface area contributed by atoms with E-state index in [2.05, 4.69) is 12.2 Å². The molecule has 5 nitrogen and oxygen atoms in total. The predicted octanol–water partition coefficient (Wildman–Crippen LogP) is 3.09. The molecule has 4 unspecified atom stereocenters. The number of carboxylic acid groups (broad SMARTS) is 1. The van der Waals surface area contributed by atoms with E-state index in [1.165, 1.54) is 0 Å². The zero-order valence-corrected chi connectivity index (χ0v) is 13.6. The molecule has 0 saturated heterocycles. The molecule has 1 N–H and O–H groups in total. The highest BCUT2D eigenvalue weighted by molar-refractivity contribution is 5.68. The van der Waals surface area contributed by atoms with E-state index >= 15 is 0 Å². The van der Waals surface area contributed by atoms with Gasteiger partial charge in [0, 0.05) is 18.1 Å². The van der Waals surface area contributed by atoms with Crippen molar-refractivity contribution in [1.82, 2.24) is 0 Å². The molecule has 5 heteroatoms. The van der Waals surface area contributed by atoms with Gasteiger partial charge in [-0.05, 0) is 36.2 Å². The standard InChI is InChI=1S/C18H22O5/c1-21-14-9-16(23-3)15(22-2)7-13(14)18-11-5-4-10(6-11)12(18)8-17(19)20/h4-5,7,9-12,18H,6,8H2,1-3H3,(H,19,20). The Bertz CT molecular complexity index is 637. The minimum absolute atomic E-state index is 0.0921. The quantitative estimate of drug-likeness (QED) is 0.817. The van der Waals surface area contributed by atoms with E-state index in [1.807, 2.05) is 12.1 Å². The maximum Gasteiger partial charge on any atom is 0.303 e. The fraction of sp³-hybridized carbons (Fsp3) is 0.500. The van der Waals surface area contributed by atoms with E-state index in [0.717, 1.165) is 17.7 Å². The summed E-state index contributed by atoms with van der Waals surface area (Å²) in [5.74, 6) is 2.15. The molecule has 23 heavy (non-hydrogen) atoms. The van der Waals surface area contributed by atoms with Gasteiger partial charge in [-0.25, -0.2) is 0 Å². The minimum Gasteiger partial charge on any atom is -0.496 e. The van der Waals surface area contributed by atoms with Crippen LogP contribution in [-0.2, 0) is 4.79 Å². The lowest BCUT2D eigenvalue weighted by Gasteiger charge is -2.29. The number of hydrogen-bond donors (Lipinski definition) is 1. The molecule has 0 aliphatic heterocycles. The number of carboxylic acids is 1. The van der Waals surface area contributed by atoms with Crippen LogP contribution in [0.2, 0.25) is 0 Å². The lowest BCUT2D eigenvalue weighted by molar-refractivity contribution is -0.138. The maximum absolute atomic E-state index is 11.3. The van der Waals surface area contributed by atoms with Gasteiger partial charge in [-0.1, -0.05) is 12.2 Å². The van der Waals surface area contributed by atoms with Crippen molar-refractivity contribution in [2.45, 2.75) is 18.8 Å². The van der Waals surface area contributed by atoms with Gasteiger partial charge in [0.2, 0.25) is 0 Å². The van der Waals surface area contributed by atoms with Crippen LogP contribution in [0, 0.1) is 17.8 Å². The van der Waals surface area contributed by atoms with Gasteiger partial charge >= 0.3 is 5.97 Å². The number of carbonyl (C=O) groups is 1. The van der Waals surface area contributed by atoms with Crippen molar-refractivity contribution < 1.29 is 24.1 Å². The van der Waals surface area contributed by atoms with Crippen LogP contribution in [0.25, 0.3) is 0 Å². The molecule has 0 radical (unpaired) electrons. The van der Waals surface area contributed by atoms with Crippen molar-refractivity contribution in [1.29, 1.82) is 0 Å². The zero-order chi connectivity index (χ0) is 16.6. The van der Waals surface area contributed by atoms with Crippen molar-refractivity contribution in [3.63, 3.8) is 0 Å². The fourth-order valence-corrected chi connectivity index (χ4v) is 4.18. The molecule has 2 bridgehead atoms. The Morgan fingerprint density at radius 3 is 2.26 bits per heavy atom. The molecular weight excluding hydrogens is 296 g/mol. The molecule has 2 aliphatic carbocycles. The number of benzene rings is 1. The number of aliphatic carboxylic acids is 1.